The van der Waals surface area contributed by atoms with Crippen molar-refractivity contribution in [2.45, 2.75) is 51.2 Å². The monoisotopic (exact) mass is 554 g/mol. The van der Waals surface area contributed by atoms with Crippen LogP contribution in [0.25, 0.3) is 0 Å². The van der Waals surface area contributed by atoms with Crippen molar-refractivity contribution in [1.29, 1.82) is 0 Å². The highest BCUT2D eigenvalue weighted by atomic mass is 35.5. The Labute approximate surface area is 230 Å². The average molecular weight is 555 g/mol. The van der Waals surface area contributed by atoms with Crippen LogP contribution < -0.4 is 26.7 Å². The standard InChI is InChI=1S/C28H31ClN4O6/c1-2-39-23-5-3-4-21(29)20(23)15-33-14-19(17-10-11-17)26(36)25(27(33)37)32-28(38)31-22(12-24(34)35)18-8-6-16(13-30)7-9-18/h3-9,14,17,22,36H,2,10-13,15,30H2,1H3,(H,34,35)(H2,31,32,38). The van der Waals surface area contributed by atoms with Crippen molar-refractivity contribution in [3.05, 3.63) is 86.3 Å². The number of urea groups is 1. The van der Waals surface area contributed by atoms with Crippen molar-refractivity contribution < 1.29 is 24.5 Å². The Balaban J connectivity index is 1.65. The molecule has 1 unspecified atom stereocenters. The Morgan fingerprint density at radius 2 is 1.92 bits per heavy atom. The highest BCUT2D eigenvalue weighted by Gasteiger charge is 2.31. The number of anilines is 1. The van der Waals surface area contributed by atoms with Gasteiger partial charge in [0.05, 0.1) is 25.6 Å². The number of halogens is 1. The van der Waals surface area contributed by atoms with Crippen LogP contribution >= 0.6 is 11.6 Å². The molecule has 2 amide bonds. The summed E-state index contributed by atoms with van der Waals surface area (Å²) in [5, 5.41) is 25.8. The van der Waals surface area contributed by atoms with Crippen LogP contribution in [-0.2, 0) is 17.9 Å². The molecule has 1 aromatic heterocycles. The van der Waals surface area contributed by atoms with Gasteiger partial charge in [0.2, 0.25) is 0 Å². The van der Waals surface area contributed by atoms with E-state index in [0.717, 1.165) is 18.4 Å². The predicted octanol–water partition coefficient (Wildman–Crippen LogP) is 4.33. The molecule has 4 rings (SSSR count). The number of carboxylic acid groups (broad SMARTS) is 1. The Bertz CT molecular complexity index is 1420. The average Bonchev–Trinajstić information content (AvgIpc) is 3.75. The molecule has 1 fully saturated rings. The zero-order chi connectivity index (χ0) is 28.1. The number of aliphatic carboxylic acids is 1. The quantitative estimate of drug-likeness (QED) is 0.236. The molecular formula is C28H31ClN4O6. The molecule has 206 valence electrons. The lowest BCUT2D eigenvalue weighted by molar-refractivity contribution is -0.137. The molecule has 11 heteroatoms. The molecule has 1 aliphatic carbocycles. The number of amides is 2. The minimum Gasteiger partial charge on any atom is -0.505 e. The van der Waals surface area contributed by atoms with E-state index >= 15 is 0 Å². The summed E-state index contributed by atoms with van der Waals surface area (Å²) in [6.45, 7) is 2.62. The number of carboxylic acids is 1. The van der Waals surface area contributed by atoms with Crippen LogP contribution in [0.2, 0.25) is 5.02 Å². The Morgan fingerprint density at radius 3 is 2.54 bits per heavy atom. The first-order chi connectivity index (χ1) is 18.7. The molecule has 1 heterocycles. The fourth-order valence-corrected chi connectivity index (χ4v) is 4.60. The summed E-state index contributed by atoms with van der Waals surface area (Å²) in [4.78, 5) is 38.0. The van der Waals surface area contributed by atoms with E-state index in [2.05, 4.69) is 10.6 Å². The molecule has 10 nitrogen and oxygen atoms in total. The summed E-state index contributed by atoms with van der Waals surface area (Å²) in [7, 11) is 0. The highest BCUT2D eigenvalue weighted by Crippen LogP contribution is 2.45. The number of ether oxygens (including phenoxy) is 1. The minimum atomic E-state index is -1.12. The molecule has 6 N–H and O–H groups in total. The van der Waals surface area contributed by atoms with Gasteiger partial charge in [-0.1, -0.05) is 41.9 Å². The topological polar surface area (TPSA) is 156 Å². The molecule has 2 aromatic carbocycles. The maximum absolute atomic E-state index is 13.5. The van der Waals surface area contributed by atoms with Crippen LogP contribution in [0.4, 0.5) is 10.5 Å². The van der Waals surface area contributed by atoms with Gasteiger partial charge in [-0.25, -0.2) is 4.79 Å². The van der Waals surface area contributed by atoms with E-state index in [0.29, 0.717) is 40.6 Å². The fraction of sp³-hybridized carbons (Fsp3) is 0.321. The molecule has 1 atom stereocenters. The van der Waals surface area contributed by atoms with Gasteiger partial charge < -0.3 is 35.9 Å². The van der Waals surface area contributed by atoms with Crippen LogP contribution in [0.5, 0.6) is 11.5 Å². The van der Waals surface area contributed by atoms with Gasteiger partial charge in [-0.05, 0) is 48.9 Å². The summed E-state index contributed by atoms with van der Waals surface area (Å²) in [6.07, 6.45) is 2.88. The van der Waals surface area contributed by atoms with Gasteiger partial charge in [0, 0.05) is 28.9 Å². The normalized spacial score (nSPS) is 13.5. The number of carbonyl (C=O) groups excluding carboxylic acids is 1. The van der Waals surface area contributed by atoms with Crippen molar-refractivity contribution in [3.8, 4) is 11.5 Å². The number of aromatic nitrogens is 1. The molecule has 0 bridgehead atoms. The molecule has 0 saturated heterocycles. The lowest BCUT2D eigenvalue weighted by Gasteiger charge is -2.20. The second kappa shape index (κ2) is 12.2. The first-order valence-electron chi connectivity index (χ1n) is 12.7. The number of aromatic hydroxyl groups is 1. The summed E-state index contributed by atoms with van der Waals surface area (Å²) in [5.74, 6) is -0.838. The first kappa shape index (κ1) is 28.0. The van der Waals surface area contributed by atoms with Gasteiger partial charge in [-0.3, -0.25) is 9.59 Å². The second-order valence-corrected chi connectivity index (χ2v) is 9.77. The predicted molar refractivity (Wildman–Crippen MR) is 148 cm³/mol. The van der Waals surface area contributed by atoms with Gasteiger partial charge in [0.1, 0.15) is 11.5 Å². The summed E-state index contributed by atoms with van der Waals surface area (Å²) in [5.41, 5.74) is 7.24. The number of hydrogen-bond acceptors (Lipinski definition) is 6. The van der Waals surface area contributed by atoms with Crippen LogP contribution in [0.1, 0.15) is 60.4 Å². The highest BCUT2D eigenvalue weighted by molar-refractivity contribution is 6.31. The van der Waals surface area contributed by atoms with Crippen LogP contribution in [0.3, 0.4) is 0 Å². The lowest BCUT2D eigenvalue weighted by atomic mass is 10.0. The van der Waals surface area contributed by atoms with Crippen LogP contribution in [0, 0.1) is 0 Å². The number of benzene rings is 2. The number of carbonyl (C=O) groups is 2. The first-order valence-corrected chi connectivity index (χ1v) is 13.0. The Morgan fingerprint density at radius 1 is 1.21 bits per heavy atom. The van der Waals surface area contributed by atoms with Crippen molar-refractivity contribution in [1.82, 2.24) is 9.88 Å². The largest absolute Gasteiger partial charge is 0.505 e. The van der Waals surface area contributed by atoms with Crippen LogP contribution in [0.15, 0.2) is 53.5 Å². The van der Waals surface area contributed by atoms with Crippen molar-refractivity contribution in [3.63, 3.8) is 0 Å². The molecule has 39 heavy (non-hydrogen) atoms. The smallest absolute Gasteiger partial charge is 0.319 e. The maximum atomic E-state index is 13.5. The van der Waals surface area contributed by atoms with Gasteiger partial charge in [0.25, 0.3) is 5.56 Å². The maximum Gasteiger partial charge on any atom is 0.319 e. The van der Waals surface area contributed by atoms with Gasteiger partial charge in [-0.15, -0.1) is 0 Å². The fourth-order valence-electron chi connectivity index (χ4n) is 4.37. The SMILES string of the molecule is CCOc1cccc(Cl)c1Cn1cc(C2CC2)c(O)c(NC(=O)NC(CC(=O)O)c2ccc(CN)cc2)c1=O. The zero-order valence-electron chi connectivity index (χ0n) is 21.4. The van der Waals surface area contributed by atoms with E-state index in [1.54, 1.807) is 48.7 Å². The third-order valence-corrected chi connectivity index (χ3v) is 6.90. The Kier molecular flexibility index (Phi) is 8.78. The number of nitrogens with one attached hydrogen (secondary N) is 2. The van der Waals surface area contributed by atoms with Crippen molar-refractivity contribution >= 4 is 29.3 Å². The van der Waals surface area contributed by atoms with E-state index in [-0.39, 0.29) is 30.3 Å². The molecule has 0 spiro atoms. The molecule has 1 saturated carbocycles. The van der Waals surface area contributed by atoms with Crippen molar-refractivity contribution in [2.75, 3.05) is 11.9 Å². The number of nitrogens with two attached hydrogens (primary N) is 1. The molecule has 1 aliphatic rings. The van der Waals surface area contributed by atoms with E-state index < -0.39 is 23.6 Å². The molecule has 0 radical (unpaired) electrons. The van der Waals surface area contributed by atoms with Gasteiger partial charge >= 0.3 is 12.0 Å². The summed E-state index contributed by atoms with van der Waals surface area (Å²) in [6, 6.07) is 10.4. The summed E-state index contributed by atoms with van der Waals surface area (Å²) < 4.78 is 7.07. The molecular weight excluding hydrogens is 524 g/mol. The third kappa shape index (κ3) is 6.71. The van der Waals surface area contributed by atoms with E-state index in [9.17, 15) is 24.6 Å². The molecule has 0 aliphatic heterocycles. The van der Waals surface area contributed by atoms with Crippen LogP contribution in [-0.4, -0.2) is 33.4 Å². The third-order valence-electron chi connectivity index (χ3n) is 6.54. The lowest BCUT2D eigenvalue weighted by Crippen LogP contribution is -2.36. The van der Waals surface area contributed by atoms with E-state index in [1.807, 2.05) is 6.92 Å². The van der Waals surface area contributed by atoms with E-state index in [1.165, 1.54) is 4.57 Å². The minimum absolute atomic E-state index is 0.0545. The molecule has 3 aromatic rings. The second-order valence-electron chi connectivity index (χ2n) is 9.36. The number of hydrogen-bond donors (Lipinski definition) is 5. The number of rotatable bonds is 11. The summed E-state index contributed by atoms with van der Waals surface area (Å²) >= 11 is 6.43. The van der Waals surface area contributed by atoms with Gasteiger partial charge in [-0.2, -0.15) is 0 Å². The van der Waals surface area contributed by atoms with Gasteiger partial charge in [0.15, 0.2) is 5.69 Å². The zero-order valence-corrected chi connectivity index (χ0v) is 22.2. The van der Waals surface area contributed by atoms with E-state index in [4.69, 9.17) is 22.1 Å². The van der Waals surface area contributed by atoms with Crippen molar-refractivity contribution in [2.24, 2.45) is 5.73 Å². The Hall–Kier alpha value is -4.02. The number of pyridine rings is 1. The number of nitrogens with zero attached hydrogens (tertiary/aromatic N) is 1.